The number of fused-ring (bicyclic) bond motifs is 1. The molecule has 1 saturated heterocycles. The zero-order chi connectivity index (χ0) is 18.5. The highest BCUT2D eigenvalue weighted by molar-refractivity contribution is 5.44. The molecular weight excluding hydrogens is 314 g/mol. The summed E-state index contributed by atoms with van der Waals surface area (Å²) in [7, 11) is 0. The van der Waals surface area contributed by atoms with E-state index in [-0.39, 0.29) is 0 Å². The standard InChI is InChI=1S/C25H39N/c1-6-9-18(2)19-11-12-20-17-23-21-10-7-8-13-25(21,22(20)16-19)14-15-26(23)24(3,4)5/h11-12,16,18,21,23H,6-10,13-15,17H2,1-5H3/t18?,21?,23-,25?/m0/s1. The lowest BCUT2D eigenvalue weighted by molar-refractivity contribution is -0.0542. The summed E-state index contributed by atoms with van der Waals surface area (Å²) in [5.41, 5.74) is 5.82. The van der Waals surface area contributed by atoms with Crippen molar-refractivity contribution in [3.05, 3.63) is 34.9 Å². The summed E-state index contributed by atoms with van der Waals surface area (Å²) >= 11 is 0. The number of nitrogens with zero attached hydrogens (tertiary/aromatic N) is 1. The molecule has 4 rings (SSSR count). The third-order valence-corrected chi connectivity index (χ3v) is 8.01. The summed E-state index contributed by atoms with van der Waals surface area (Å²) in [5, 5.41) is 0. The number of hydrogen-bond donors (Lipinski definition) is 0. The quantitative estimate of drug-likeness (QED) is 0.604. The Labute approximate surface area is 161 Å². The van der Waals surface area contributed by atoms with Crippen molar-refractivity contribution < 1.29 is 0 Å². The summed E-state index contributed by atoms with van der Waals surface area (Å²) in [6, 6.07) is 8.39. The van der Waals surface area contributed by atoms with E-state index in [0.29, 0.717) is 16.9 Å². The highest BCUT2D eigenvalue weighted by Gasteiger charge is 2.55. The molecule has 0 aromatic heterocycles. The van der Waals surface area contributed by atoms with Crippen molar-refractivity contribution in [3.8, 4) is 0 Å². The SMILES string of the molecule is CCCC(C)c1ccc2c(c1)C13CCCCC1[C@H](C2)N(C(C)(C)C)CC3. The zero-order valence-corrected chi connectivity index (χ0v) is 17.8. The van der Waals surface area contributed by atoms with Crippen LogP contribution >= 0.6 is 0 Å². The maximum Gasteiger partial charge on any atom is 0.0178 e. The maximum absolute atomic E-state index is 2.86. The first kappa shape index (κ1) is 18.5. The largest absolute Gasteiger partial charge is 0.295 e. The molecule has 0 N–H and O–H groups in total. The van der Waals surface area contributed by atoms with E-state index in [1.165, 1.54) is 57.9 Å². The van der Waals surface area contributed by atoms with Gasteiger partial charge in [0.2, 0.25) is 0 Å². The van der Waals surface area contributed by atoms with E-state index in [4.69, 9.17) is 0 Å². The third kappa shape index (κ3) is 2.86. The molecule has 1 heteroatoms. The lowest BCUT2D eigenvalue weighted by Gasteiger charge is -2.61. The Hall–Kier alpha value is -0.820. The van der Waals surface area contributed by atoms with Gasteiger partial charge < -0.3 is 0 Å². The average Bonchev–Trinajstić information content (AvgIpc) is 2.60. The molecule has 144 valence electrons. The smallest absolute Gasteiger partial charge is 0.0178 e. The molecule has 0 radical (unpaired) electrons. The van der Waals surface area contributed by atoms with E-state index >= 15 is 0 Å². The molecule has 3 unspecified atom stereocenters. The predicted octanol–water partition coefficient (Wildman–Crippen LogP) is 6.45. The molecule has 1 aromatic carbocycles. The van der Waals surface area contributed by atoms with Crippen LogP contribution in [0.15, 0.2) is 18.2 Å². The van der Waals surface area contributed by atoms with Crippen molar-refractivity contribution in [1.29, 1.82) is 0 Å². The first-order chi connectivity index (χ1) is 12.4. The molecule has 0 amide bonds. The lowest BCUT2D eigenvalue weighted by Crippen LogP contribution is -2.64. The number of rotatable bonds is 3. The molecule has 1 heterocycles. The Morgan fingerprint density at radius 2 is 2.00 bits per heavy atom. The fourth-order valence-corrected chi connectivity index (χ4v) is 6.76. The average molecular weight is 354 g/mol. The second-order valence-corrected chi connectivity index (χ2v) is 10.5. The fourth-order valence-electron chi connectivity index (χ4n) is 6.76. The fraction of sp³-hybridized carbons (Fsp3) is 0.760. The van der Waals surface area contributed by atoms with Crippen LogP contribution in [0.5, 0.6) is 0 Å². The van der Waals surface area contributed by atoms with Gasteiger partial charge in [-0.2, -0.15) is 0 Å². The number of likely N-dealkylation sites (tertiary alicyclic amines) is 1. The first-order valence-electron chi connectivity index (χ1n) is 11.3. The molecule has 2 aliphatic carbocycles. The Morgan fingerprint density at radius 3 is 2.73 bits per heavy atom. The van der Waals surface area contributed by atoms with Gasteiger partial charge in [-0.15, -0.1) is 0 Å². The van der Waals surface area contributed by atoms with Crippen LogP contribution in [0.25, 0.3) is 0 Å². The van der Waals surface area contributed by atoms with Gasteiger partial charge in [0.1, 0.15) is 0 Å². The number of benzene rings is 1. The molecular formula is C25H39N. The Kier molecular flexibility index (Phi) is 4.75. The van der Waals surface area contributed by atoms with Crippen LogP contribution in [0.2, 0.25) is 0 Å². The minimum absolute atomic E-state index is 0.293. The van der Waals surface area contributed by atoms with Gasteiger partial charge in [-0.3, -0.25) is 4.90 Å². The second-order valence-electron chi connectivity index (χ2n) is 10.5. The lowest BCUT2D eigenvalue weighted by atomic mass is 9.52. The molecule has 4 atom stereocenters. The van der Waals surface area contributed by atoms with Crippen LogP contribution in [-0.2, 0) is 11.8 Å². The first-order valence-corrected chi connectivity index (χ1v) is 11.3. The third-order valence-electron chi connectivity index (χ3n) is 8.01. The number of hydrogen-bond acceptors (Lipinski definition) is 1. The highest BCUT2D eigenvalue weighted by Crippen LogP contribution is 2.57. The molecule has 1 aliphatic heterocycles. The van der Waals surface area contributed by atoms with Gasteiger partial charge >= 0.3 is 0 Å². The van der Waals surface area contributed by atoms with Crippen LogP contribution in [0, 0.1) is 5.92 Å². The molecule has 1 saturated carbocycles. The van der Waals surface area contributed by atoms with E-state index in [1.54, 1.807) is 16.7 Å². The van der Waals surface area contributed by atoms with Crippen LogP contribution < -0.4 is 0 Å². The van der Waals surface area contributed by atoms with Crippen molar-refractivity contribution in [1.82, 2.24) is 4.90 Å². The van der Waals surface area contributed by atoms with E-state index < -0.39 is 0 Å². The molecule has 26 heavy (non-hydrogen) atoms. The zero-order valence-electron chi connectivity index (χ0n) is 17.8. The topological polar surface area (TPSA) is 3.24 Å². The summed E-state index contributed by atoms with van der Waals surface area (Å²) in [6.45, 7) is 13.3. The van der Waals surface area contributed by atoms with Gasteiger partial charge in [-0.25, -0.2) is 0 Å². The van der Waals surface area contributed by atoms with Gasteiger partial charge in [0, 0.05) is 17.0 Å². The van der Waals surface area contributed by atoms with Crippen LogP contribution in [-0.4, -0.2) is 23.0 Å². The van der Waals surface area contributed by atoms with Crippen molar-refractivity contribution >= 4 is 0 Å². The summed E-state index contributed by atoms with van der Waals surface area (Å²) in [6.07, 6.45) is 11.0. The highest BCUT2D eigenvalue weighted by atomic mass is 15.2. The van der Waals surface area contributed by atoms with Gasteiger partial charge in [0.15, 0.2) is 0 Å². The van der Waals surface area contributed by atoms with Crippen molar-refractivity contribution in [2.24, 2.45) is 5.92 Å². The second kappa shape index (κ2) is 6.66. The predicted molar refractivity (Wildman–Crippen MR) is 112 cm³/mol. The van der Waals surface area contributed by atoms with Gasteiger partial charge in [0.25, 0.3) is 0 Å². The van der Waals surface area contributed by atoms with Gasteiger partial charge in [-0.1, -0.05) is 51.3 Å². The molecule has 1 nitrogen and oxygen atoms in total. The molecule has 1 aromatic rings. The van der Waals surface area contributed by atoms with Crippen molar-refractivity contribution in [3.63, 3.8) is 0 Å². The van der Waals surface area contributed by atoms with Crippen LogP contribution in [0.4, 0.5) is 0 Å². The molecule has 3 aliphatic rings. The number of piperidine rings is 1. The van der Waals surface area contributed by atoms with Gasteiger partial charge in [0.05, 0.1) is 0 Å². The summed E-state index contributed by atoms with van der Waals surface area (Å²) < 4.78 is 0. The van der Waals surface area contributed by atoms with Crippen molar-refractivity contribution in [2.75, 3.05) is 6.54 Å². The van der Waals surface area contributed by atoms with E-state index in [9.17, 15) is 0 Å². The van der Waals surface area contributed by atoms with E-state index in [0.717, 1.165) is 12.0 Å². The van der Waals surface area contributed by atoms with Crippen LogP contribution in [0.3, 0.4) is 0 Å². The monoisotopic (exact) mass is 353 g/mol. The minimum atomic E-state index is 0.293. The molecule has 2 bridgehead atoms. The maximum atomic E-state index is 2.86. The normalized spacial score (nSPS) is 32.7. The Morgan fingerprint density at radius 1 is 1.19 bits per heavy atom. The Bertz CT molecular complexity index is 655. The van der Waals surface area contributed by atoms with Gasteiger partial charge in [-0.05, 0) is 87.9 Å². The molecule has 2 fully saturated rings. The Balaban J connectivity index is 1.78. The minimum Gasteiger partial charge on any atom is -0.295 e. The van der Waals surface area contributed by atoms with Crippen molar-refractivity contribution in [2.45, 2.75) is 109 Å². The van der Waals surface area contributed by atoms with Crippen LogP contribution in [0.1, 0.15) is 102 Å². The van der Waals surface area contributed by atoms with E-state index in [1.807, 2.05) is 0 Å². The summed E-state index contributed by atoms with van der Waals surface area (Å²) in [4.78, 5) is 2.86. The summed E-state index contributed by atoms with van der Waals surface area (Å²) in [5.74, 6) is 1.59. The van der Waals surface area contributed by atoms with E-state index in [2.05, 4.69) is 57.7 Å². The molecule has 0 spiro atoms.